The molecule has 3 heteroatoms. The fraction of sp³-hybridized carbons (Fsp3) is 0.800. The van der Waals surface area contributed by atoms with E-state index < -0.39 is 0 Å². The highest BCUT2D eigenvalue weighted by Gasteiger charge is 2.21. The lowest BCUT2D eigenvalue weighted by atomic mass is 9.87. The molecule has 0 radical (unpaired) electrons. The Bertz CT molecular complexity index is 393. The second kappa shape index (κ2) is 5.70. The lowest BCUT2D eigenvalue weighted by Gasteiger charge is -2.29. The Morgan fingerprint density at radius 2 is 2.11 bits per heavy atom. The Labute approximate surface area is 114 Å². The highest BCUT2D eigenvalue weighted by Crippen LogP contribution is 2.28. The first-order valence-corrected chi connectivity index (χ1v) is 8.30. The van der Waals surface area contributed by atoms with Crippen LogP contribution in [0.15, 0.2) is 0 Å². The zero-order chi connectivity index (χ0) is 12.4. The molecule has 1 saturated carbocycles. The van der Waals surface area contributed by atoms with E-state index in [0.29, 0.717) is 0 Å². The zero-order valence-corrected chi connectivity index (χ0v) is 12.3. The molecule has 0 spiro atoms. The fourth-order valence-electron chi connectivity index (χ4n) is 3.41. The summed E-state index contributed by atoms with van der Waals surface area (Å²) in [5.74, 6) is 1.02. The van der Waals surface area contributed by atoms with Crippen molar-refractivity contribution >= 4 is 11.3 Å². The van der Waals surface area contributed by atoms with E-state index >= 15 is 0 Å². The molecule has 0 saturated heterocycles. The van der Waals surface area contributed by atoms with Gasteiger partial charge < -0.3 is 0 Å². The summed E-state index contributed by atoms with van der Waals surface area (Å²) >= 11 is 1.90. The maximum absolute atomic E-state index is 4.63. The van der Waals surface area contributed by atoms with Gasteiger partial charge in [0.25, 0.3) is 0 Å². The Kier molecular flexibility index (Phi) is 4.00. The van der Waals surface area contributed by atoms with Crippen molar-refractivity contribution in [1.29, 1.82) is 0 Å². The topological polar surface area (TPSA) is 16.1 Å². The lowest BCUT2D eigenvalue weighted by molar-refractivity contribution is 0.218. The van der Waals surface area contributed by atoms with E-state index in [1.807, 2.05) is 11.3 Å². The van der Waals surface area contributed by atoms with E-state index in [1.54, 1.807) is 0 Å². The average Bonchev–Trinajstić information content (AvgIpc) is 2.77. The molecule has 2 nitrogen and oxygen atoms in total. The normalized spacial score (nSPS) is 22.1. The van der Waals surface area contributed by atoms with Crippen LogP contribution in [0.3, 0.4) is 0 Å². The van der Waals surface area contributed by atoms with Crippen LogP contribution >= 0.6 is 11.3 Å². The molecular weight excluding hydrogens is 240 g/mol. The second-order valence-corrected chi connectivity index (χ2v) is 7.21. The monoisotopic (exact) mass is 264 g/mol. The first-order chi connectivity index (χ1) is 8.81. The van der Waals surface area contributed by atoms with Crippen molar-refractivity contribution in [3.63, 3.8) is 0 Å². The van der Waals surface area contributed by atoms with E-state index in [0.717, 1.165) is 12.5 Å². The van der Waals surface area contributed by atoms with Crippen molar-refractivity contribution in [2.45, 2.75) is 58.4 Å². The third-order valence-corrected chi connectivity index (χ3v) is 5.49. The van der Waals surface area contributed by atoms with Crippen molar-refractivity contribution in [3.8, 4) is 0 Å². The molecule has 0 N–H and O–H groups in total. The van der Waals surface area contributed by atoms with E-state index in [1.165, 1.54) is 73.6 Å². The molecule has 1 aliphatic carbocycles. The minimum Gasteiger partial charge on any atom is -0.298 e. The molecule has 0 amide bonds. The Balaban J connectivity index is 1.50. The van der Waals surface area contributed by atoms with Gasteiger partial charge >= 0.3 is 0 Å². The van der Waals surface area contributed by atoms with Crippen LogP contribution in [0.4, 0.5) is 0 Å². The van der Waals surface area contributed by atoms with Crippen LogP contribution in [-0.4, -0.2) is 23.0 Å². The van der Waals surface area contributed by atoms with Gasteiger partial charge in [0, 0.05) is 24.4 Å². The van der Waals surface area contributed by atoms with Gasteiger partial charge in [-0.3, -0.25) is 4.90 Å². The van der Waals surface area contributed by atoms with Crippen LogP contribution in [0.1, 0.15) is 54.1 Å². The number of aromatic nitrogens is 1. The third-order valence-electron chi connectivity index (χ3n) is 4.50. The molecule has 1 aromatic heterocycles. The minimum atomic E-state index is 1.02. The molecule has 3 rings (SSSR count). The molecule has 0 atom stereocenters. The number of rotatable bonds is 3. The first kappa shape index (κ1) is 12.6. The van der Waals surface area contributed by atoms with E-state index in [-0.39, 0.29) is 0 Å². The maximum atomic E-state index is 4.63. The second-order valence-electron chi connectivity index (χ2n) is 5.92. The molecule has 1 aliphatic heterocycles. The minimum absolute atomic E-state index is 1.02. The van der Waals surface area contributed by atoms with Gasteiger partial charge in [-0.05, 0) is 25.8 Å². The molecule has 1 fully saturated rings. The van der Waals surface area contributed by atoms with Crippen molar-refractivity contribution in [1.82, 2.24) is 9.88 Å². The van der Waals surface area contributed by atoms with E-state index in [4.69, 9.17) is 0 Å². The Morgan fingerprint density at radius 1 is 1.28 bits per heavy atom. The first-order valence-electron chi connectivity index (χ1n) is 7.49. The van der Waals surface area contributed by atoms with Gasteiger partial charge in [-0.2, -0.15) is 0 Å². The van der Waals surface area contributed by atoms with Gasteiger partial charge in [0.1, 0.15) is 0 Å². The summed E-state index contributed by atoms with van der Waals surface area (Å²) in [6.07, 6.45) is 9.99. The molecule has 0 unspecified atom stereocenters. The SMILES string of the molecule is Cc1nc2c(s1)CN(CCC1CCCCC1)CC2. The molecule has 2 aliphatic rings. The molecule has 100 valence electrons. The van der Waals surface area contributed by atoms with Gasteiger partial charge in [-0.1, -0.05) is 32.1 Å². The molecule has 0 aromatic carbocycles. The van der Waals surface area contributed by atoms with Gasteiger partial charge in [-0.25, -0.2) is 4.98 Å². The average molecular weight is 264 g/mol. The van der Waals surface area contributed by atoms with Crippen molar-refractivity contribution in [2.24, 2.45) is 5.92 Å². The highest BCUT2D eigenvalue weighted by atomic mass is 32.1. The van der Waals surface area contributed by atoms with Gasteiger partial charge in [-0.15, -0.1) is 11.3 Å². The summed E-state index contributed by atoms with van der Waals surface area (Å²) in [5.41, 5.74) is 1.38. The van der Waals surface area contributed by atoms with Gasteiger partial charge in [0.05, 0.1) is 10.7 Å². The molecule has 1 aromatic rings. The Hall–Kier alpha value is -0.410. The zero-order valence-electron chi connectivity index (χ0n) is 11.5. The molecule has 2 heterocycles. The van der Waals surface area contributed by atoms with Crippen LogP contribution in [0.5, 0.6) is 0 Å². The van der Waals surface area contributed by atoms with Crippen molar-refractivity contribution in [2.75, 3.05) is 13.1 Å². The van der Waals surface area contributed by atoms with E-state index in [9.17, 15) is 0 Å². The van der Waals surface area contributed by atoms with Crippen LogP contribution in [0.25, 0.3) is 0 Å². The summed E-state index contributed by atoms with van der Waals surface area (Å²) in [6.45, 7) is 5.83. The number of hydrogen-bond acceptors (Lipinski definition) is 3. The molecule has 0 bridgehead atoms. The molecule has 18 heavy (non-hydrogen) atoms. The predicted octanol–water partition coefficient (Wildman–Crippen LogP) is 3.78. The highest BCUT2D eigenvalue weighted by molar-refractivity contribution is 7.11. The quantitative estimate of drug-likeness (QED) is 0.826. The summed E-state index contributed by atoms with van der Waals surface area (Å²) in [6, 6.07) is 0. The standard InChI is InChI=1S/C15H24N2S/c1-12-16-14-8-10-17(11-15(14)18-12)9-7-13-5-3-2-4-6-13/h13H,2-11H2,1H3. The summed E-state index contributed by atoms with van der Waals surface area (Å²) in [4.78, 5) is 8.80. The fourth-order valence-corrected chi connectivity index (χ4v) is 4.43. The van der Waals surface area contributed by atoms with E-state index in [2.05, 4.69) is 16.8 Å². The lowest BCUT2D eigenvalue weighted by Crippen LogP contribution is -2.31. The number of aryl methyl sites for hydroxylation is 1. The van der Waals surface area contributed by atoms with Gasteiger partial charge in [0.15, 0.2) is 0 Å². The summed E-state index contributed by atoms with van der Waals surface area (Å²) in [7, 11) is 0. The largest absolute Gasteiger partial charge is 0.298 e. The molecular formula is C15H24N2S. The Morgan fingerprint density at radius 3 is 2.94 bits per heavy atom. The van der Waals surface area contributed by atoms with Crippen LogP contribution in [0, 0.1) is 12.8 Å². The summed E-state index contributed by atoms with van der Waals surface area (Å²) in [5, 5.41) is 1.24. The summed E-state index contributed by atoms with van der Waals surface area (Å²) < 4.78 is 0. The third kappa shape index (κ3) is 2.94. The maximum Gasteiger partial charge on any atom is 0.0900 e. The number of fused-ring (bicyclic) bond motifs is 1. The smallest absolute Gasteiger partial charge is 0.0900 e. The van der Waals surface area contributed by atoms with Crippen LogP contribution in [-0.2, 0) is 13.0 Å². The predicted molar refractivity (Wildman–Crippen MR) is 77.0 cm³/mol. The number of nitrogens with zero attached hydrogens (tertiary/aromatic N) is 2. The van der Waals surface area contributed by atoms with Crippen LogP contribution < -0.4 is 0 Å². The number of hydrogen-bond donors (Lipinski definition) is 0. The van der Waals surface area contributed by atoms with Crippen LogP contribution in [0.2, 0.25) is 0 Å². The number of thiazole rings is 1. The van der Waals surface area contributed by atoms with Crippen molar-refractivity contribution < 1.29 is 0 Å². The van der Waals surface area contributed by atoms with Gasteiger partial charge in [0.2, 0.25) is 0 Å². The van der Waals surface area contributed by atoms with Crippen molar-refractivity contribution in [3.05, 3.63) is 15.6 Å².